The van der Waals surface area contributed by atoms with Crippen molar-refractivity contribution in [3.05, 3.63) is 52.7 Å². The van der Waals surface area contributed by atoms with Crippen LogP contribution >= 0.6 is 22.7 Å². The Hall–Kier alpha value is -2.09. The molecule has 1 fully saturated rings. The van der Waals surface area contributed by atoms with E-state index >= 15 is 0 Å². The lowest BCUT2D eigenvalue weighted by Crippen LogP contribution is -2.36. The largest absolute Gasteiger partial charge is 0.418 e. The number of thiophene rings is 1. The third-order valence-corrected chi connectivity index (χ3v) is 7.25. The number of aromatic nitrogens is 3. The predicted molar refractivity (Wildman–Crippen MR) is 109 cm³/mol. The Balaban J connectivity index is 1.34. The molecular weight excluding hydrogens is 376 g/mol. The zero-order chi connectivity index (χ0) is 18.2. The topological polar surface area (TPSA) is 55.1 Å². The van der Waals surface area contributed by atoms with Crippen LogP contribution in [-0.4, -0.2) is 33.2 Å². The van der Waals surface area contributed by atoms with Gasteiger partial charge in [-0.1, -0.05) is 18.2 Å². The molecule has 4 aromatic rings. The highest BCUT2D eigenvalue weighted by Crippen LogP contribution is 2.36. The van der Waals surface area contributed by atoms with Crippen LogP contribution in [0.3, 0.4) is 0 Å². The minimum atomic E-state index is 0.114. The molecule has 1 aliphatic rings. The van der Waals surface area contributed by atoms with Gasteiger partial charge in [0.2, 0.25) is 5.89 Å². The number of hydrogen-bond acceptors (Lipinski definition) is 7. The van der Waals surface area contributed by atoms with Crippen LogP contribution in [0.15, 0.2) is 46.2 Å². The lowest BCUT2D eigenvalue weighted by molar-refractivity contribution is 0.139. The Morgan fingerprint density at radius 3 is 2.96 bits per heavy atom. The van der Waals surface area contributed by atoms with Crippen LogP contribution in [0.1, 0.15) is 42.6 Å². The number of rotatable bonds is 4. The number of fused-ring (bicyclic) bond motifs is 1. The molecule has 0 spiro atoms. The van der Waals surface area contributed by atoms with Gasteiger partial charge in [-0.2, -0.15) is 0 Å². The highest BCUT2D eigenvalue weighted by molar-refractivity contribution is 7.18. The molecule has 0 unspecified atom stereocenters. The summed E-state index contributed by atoms with van der Waals surface area (Å²) >= 11 is 3.45. The Labute approximate surface area is 165 Å². The number of nitrogens with zero attached hydrogens (tertiary/aromatic N) is 4. The first-order chi connectivity index (χ1) is 13.3. The highest BCUT2D eigenvalue weighted by atomic mass is 32.1. The Morgan fingerprint density at radius 1 is 1.19 bits per heavy atom. The first kappa shape index (κ1) is 17.0. The molecule has 1 saturated heterocycles. The van der Waals surface area contributed by atoms with Crippen LogP contribution in [0.25, 0.3) is 21.0 Å². The Kier molecular flexibility index (Phi) is 4.51. The maximum Gasteiger partial charge on any atom is 0.257 e. The summed E-state index contributed by atoms with van der Waals surface area (Å²) in [7, 11) is 0. The number of benzene rings is 1. The van der Waals surface area contributed by atoms with Crippen molar-refractivity contribution in [1.82, 2.24) is 20.1 Å². The number of piperidine rings is 1. The average Bonchev–Trinajstić information content (AvgIpc) is 3.47. The highest BCUT2D eigenvalue weighted by Gasteiger charge is 2.29. The lowest BCUT2D eigenvalue weighted by Gasteiger charge is -2.34. The van der Waals surface area contributed by atoms with Gasteiger partial charge in [-0.25, -0.2) is 4.98 Å². The maximum absolute atomic E-state index is 5.97. The van der Waals surface area contributed by atoms with Crippen LogP contribution in [0.5, 0.6) is 0 Å². The molecule has 0 bridgehead atoms. The van der Waals surface area contributed by atoms with E-state index in [0.717, 1.165) is 29.9 Å². The summed E-state index contributed by atoms with van der Waals surface area (Å²) in [6, 6.07) is 12.5. The fourth-order valence-corrected chi connectivity index (χ4v) is 5.42. The summed E-state index contributed by atoms with van der Waals surface area (Å²) in [5.74, 6) is 1.79. The third kappa shape index (κ3) is 3.31. The van der Waals surface area contributed by atoms with E-state index in [9.17, 15) is 0 Å². The van der Waals surface area contributed by atoms with Gasteiger partial charge in [0.25, 0.3) is 5.89 Å². The Morgan fingerprint density at radius 2 is 2.11 bits per heavy atom. The molecule has 138 valence electrons. The van der Waals surface area contributed by atoms with E-state index in [4.69, 9.17) is 9.40 Å². The molecule has 0 amide bonds. The zero-order valence-corrected chi connectivity index (χ0v) is 16.7. The molecule has 7 heteroatoms. The second kappa shape index (κ2) is 7.14. The lowest BCUT2D eigenvalue weighted by atomic mass is 9.97. The van der Waals surface area contributed by atoms with Gasteiger partial charge in [-0.15, -0.1) is 32.9 Å². The van der Waals surface area contributed by atoms with Gasteiger partial charge in [0.05, 0.1) is 26.1 Å². The quantitative estimate of drug-likeness (QED) is 0.465. The minimum Gasteiger partial charge on any atom is -0.418 e. The van der Waals surface area contributed by atoms with Crippen molar-refractivity contribution < 1.29 is 4.42 Å². The van der Waals surface area contributed by atoms with Crippen molar-refractivity contribution in [3.63, 3.8) is 0 Å². The van der Waals surface area contributed by atoms with Crippen LogP contribution in [0.2, 0.25) is 0 Å². The van der Waals surface area contributed by atoms with E-state index in [2.05, 4.69) is 46.3 Å². The van der Waals surface area contributed by atoms with E-state index in [1.165, 1.54) is 16.1 Å². The predicted octanol–water partition coefficient (Wildman–Crippen LogP) is 5.35. The molecule has 0 radical (unpaired) electrons. The fraction of sp³-hybridized carbons (Fsp3) is 0.350. The van der Waals surface area contributed by atoms with Gasteiger partial charge in [-0.05, 0) is 49.9 Å². The summed E-state index contributed by atoms with van der Waals surface area (Å²) < 4.78 is 7.24. The Bertz CT molecular complexity index is 1010. The number of thiazole rings is 1. The monoisotopic (exact) mass is 396 g/mol. The summed E-state index contributed by atoms with van der Waals surface area (Å²) in [5, 5.41) is 11.8. The molecule has 3 aromatic heterocycles. The third-order valence-electron chi connectivity index (χ3n) is 5.19. The van der Waals surface area contributed by atoms with Gasteiger partial charge in [0, 0.05) is 12.5 Å². The first-order valence-electron chi connectivity index (χ1n) is 9.25. The van der Waals surface area contributed by atoms with Gasteiger partial charge >= 0.3 is 0 Å². The molecule has 0 saturated carbocycles. The molecular formula is C20H20N4OS2. The van der Waals surface area contributed by atoms with Gasteiger partial charge in [-0.3, -0.25) is 4.90 Å². The molecule has 5 rings (SSSR count). The maximum atomic E-state index is 5.97. The number of hydrogen-bond donors (Lipinski definition) is 0. The van der Waals surface area contributed by atoms with Crippen LogP contribution in [0, 0.1) is 0 Å². The molecule has 5 nitrogen and oxygen atoms in total. The minimum absolute atomic E-state index is 0.114. The van der Waals surface area contributed by atoms with Crippen LogP contribution in [-0.2, 0) is 0 Å². The summed E-state index contributed by atoms with van der Waals surface area (Å²) in [4.78, 5) is 8.35. The van der Waals surface area contributed by atoms with Crippen molar-refractivity contribution in [2.45, 2.75) is 31.7 Å². The molecule has 0 aliphatic carbocycles. The molecule has 1 aliphatic heterocycles. The molecule has 0 N–H and O–H groups in total. The van der Waals surface area contributed by atoms with Gasteiger partial charge < -0.3 is 4.42 Å². The first-order valence-corrected chi connectivity index (χ1v) is 10.9. The summed E-state index contributed by atoms with van der Waals surface area (Å²) in [6.45, 7) is 4.20. The normalized spacial score (nSPS) is 19.5. The molecule has 1 aromatic carbocycles. The van der Waals surface area contributed by atoms with Crippen molar-refractivity contribution in [3.8, 4) is 10.8 Å². The standard InChI is InChI=1S/C20H20N4OS2/c1-13(18-22-23-19(25-18)17-9-5-11-26-17)24-10-4-6-14(12-24)20-21-15-7-2-3-8-16(15)27-20/h2-3,5,7-9,11,13-14H,4,6,10,12H2,1H3/t13-,14+/m0/s1. The molecule has 4 heterocycles. The van der Waals surface area contributed by atoms with Crippen LogP contribution in [0.4, 0.5) is 0 Å². The van der Waals surface area contributed by atoms with E-state index in [1.807, 2.05) is 28.8 Å². The second-order valence-corrected chi connectivity index (χ2v) is 8.96. The van der Waals surface area contributed by atoms with Crippen molar-refractivity contribution in [1.29, 1.82) is 0 Å². The van der Waals surface area contributed by atoms with Gasteiger partial charge in [0.1, 0.15) is 0 Å². The second-order valence-electron chi connectivity index (χ2n) is 6.95. The summed E-state index contributed by atoms with van der Waals surface area (Å²) in [6.07, 6.45) is 2.35. The fourth-order valence-electron chi connectivity index (χ4n) is 3.68. The molecule has 2 atom stereocenters. The number of para-hydroxylation sites is 1. The summed E-state index contributed by atoms with van der Waals surface area (Å²) in [5.41, 5.74) is 1.11. The average molecular weight is 397 g/mol. The van der Waals surface area contributed by atoms with Crippen molar-refractivity contribution >= 4 is 32.9 Å². The van der Waals surface area contributed by atoms with Crippen molar-refractivity contribution in [2.24, 2.45) is 0 Å². The van der Waals surface area contributed by atoms with Crippen LogP contribution < -0.4 is 0 Å². The van der Waals surface area contributed by atoms with E-state index in [0.29, 0.717) is 17.7 Å². The smallest absolute Gasteiger partial charge is 0.257 e. The van der Waals surface area contributed by atoms with Gasteiger partial charge in [0.15, 0.2) is 0 Å². The van der Waals surface area contributed by atoms with E-state index < -0.39 is 0 Å². The number of likely N-dealkylation sites (tertiary alicyclic amines) is 1. The van der Waals surface area contributed by atoms with Crippen molar-refractivity contribution in [2.75, 3.05) is 13.1 Å². The van der Waals surface area contributed by atoms with E-state index in [-0.39, 0.29) is 6.04 Å². The van der Waals surface area contributed by atoms with E-state index in [1.54, 1.807) is 11.3 Å². The molecule has 27 heavy (non-hydrogen) atoms. The zero-order valence-electron chi connectivity index (χ0n) is 15.0. The SMILES string of the molecule is C[C@@H](c1nnc(-c2cccs2)o1)N1CCC[C@@H](c2nc3ccccc3s2)C1.